The van der Waals surface area contributed by atoms with Gasteiger partial charge in [-0.3, -0.25) is 0 Å². The lowest BCUT2D eigenvalue weighted by atomic mass is 10.1. The molecule has 1 aromatic carbocycles. The molecular weight excluding hydrogens is 228 g/mol. The van der Waals surface area contributed by atoms with Crippen molar-refractivity contribution in [2.75, 3.05) is 5.73 Å². The van der Waals surface area contributed by atoms with Gasteiger partial charge in [-0.05, 0) is 29.7 Å². The number of anilines is 1. The Labute approximate surface area is 106 Å². The molecule has 0 aliphatic heterocycles. The van der Waals surface area contributed by atoms with E-state index in [2.05, 4.69) is 36.2 Å². The minimum absolute atomic E-state index is 0.710. The molecule has 0 atom stereocenters. The van der Waals surface area contributed by atoms with Crippen molar-refractivity contribution >= 4 is 17.4 Å². The van der Waals surface area contributed by atoms with Gasteiger partial charge in [-0.25, -0.2) is 4.98 Å². The van der Waals surface area contributed by atoms with Gasteiger partial charge in [0.25, 0.3) is 0 Å². The molecule has 0 saturated carbocycles. The fourth-order valence-corrected chi connectivity index (χ4v) is 2.30. The normalized spacial score (nSPS) is 10.4. The highest BCUT2D eigenvalue weighted by Gasteiger charge is 1.98. The smallest absolute Gasteiger partial charge is 0.0964 e. The number of nitrogen functional groups attached to an aromatic ring is 1. The van der Waals surface area contributed by atoms with Gasteiger partial charge in [0.15, 0.2) is 0 Å². The van der Waals surface area contributed by atoms with E-state index in [-0.39, 0.29) is 0 Å². The van der Waals surface area contributed by atoms with Gasteiger partial charge < -0.3 is 5.73 Å². The van der Waals surface area contributed by atoms with Gasteiger partial charge in [0, 0.05) is 5.75 Å². The molecule has 2 N–H and O–H groups in total. The highest BCUT2D eigenvalue weighted by atomic mass is 32.2. The van der Waals surface area contributed by atoms with E-state index in [4.69, 9.17) is 5.73 Å². The first-order valence-electron chi connectivity index (χ1n) is 5.70. The summed E-state index contributed by atoms with van der Waals surface area (Å²) in [4.78, 5) is 4.27. The molecule has 2 nitrogen and oxygen atoms in total. The minimum Gasteiger partial charge on any atom is -0.397 e. The highest BCUT2D eigenvalue weighted by Crippen LogP contribution is 2.21. The van der Waals surface area contributed by atoms with Crippen LogP contribution in [0.25, 0.3) is 0 Å². The number of rotatable bonds is 4. The van der Waals surface area contributed by atoms with Crippen LogP contribution in [0.15, 0.2) is 47.6 Å². The van der Waals surface area contributed by atoms with Crippen LogP contribution < -0.4 is 5.73 Å². The molecule has 0 radical (unpaired) electrons. The van der Waals surface area contributed by atoms with Crippen LogP contribution in [0.1, 0.15) is 18.1 Å². The Morgan fingerprint density at radius 3 is 2.35 bits per heavy atom. The van der Waals surface area contributed by atoms with E-state index in [9.17, 15) is 0 Å². The maximum atomic E-state index is 5.59. The summed E-state index contributed by atoms with van der Waals surface area (Å²) in [6.45, 7) is 2.17. The number of thioether (sulfide) groups is 1. The number of aryl methyl sites for hydroxylation is 1. The third-order valence-electron chi connectivity index (χ3n) is 2.58. The molecular formula is C14H16N2S. The first kappa shape index (κ1) is 12.0. The van der Waals surface area contributed by atoms with Gasteiger partial charge in [-0.15, -0.1) is 11.8 Å². The van der Waals surface area contributed by atoms with E-state index in [0.29, 0.717) is 5.69 Å². The van der Waals surface area contributed by atoms with Crippen molar-refractivity contribution in [2.24, 2.45) is 0 Å². The van der Waals surface area contributed by atoms with Crippen molar-refractivity contribution in [1.82, 2.24) is 4.98 Å². The van der Waals surface area contributed by atoms with E-state index >= 15 is 0 Å². The van der Waals surface area contributed by atoms with Crippen molar-refractivity contribution in [1.29, 1.82) is 0 Å². The van der Waals surface area contributed by atoms with Gasteiger partial charge >= 0.3 is 0 Å². The molecule has 0 aliphatic carbocycles. The predicted octanol–water partition coefficient (Wildman–Crippen LogP) is 3.52. The topological polar surface area (TPSA) is 38.9 Å². The Bertz CT molecular complexity index is 463. The molecule has 3 heteroatoms. The largest absolute Gasteiger partial charge is 0.397 e. The molecule has 1 aromatic heterocycles. The summed E-state index contributed by atoms with van der Waals surface area (Å²) in [5, 5.41) is 1.01. The number of hydrogen-bond acceptors (Lipinski definition) is 3. The average molecular weight is 244 g/mol. The number of hydrogen-bond donors (Lipinski definition) is 1. The van der Waals surface area contributed by atoms with Crippen molar-refractivity contribution < 1.29 is 0 Å². The lowest BCUT2D eigenvalue weighted by Gasteiger charge is -2.03. The van der Waals surface area contributed by atoms with Gasteiger partial charge in [0.05, 0.1) is 16.9 Å². The fraction of sp³-hybridized carbons (Fsp3) is 0.214. The fourth-order valence-electron chi connectivity index (χ4n) is 1.51. The van der Waals surface area contributed by atoms with Crippen LogP contribution in [0.3, 0.4) is 0 Å². The number of nitrogens with two attached hydrogens (primary N) is 1. The second kappa shape index (κ2) is 5.73. The summed E-state index contributed by atoms with van der Waals surface area (Å²) >= 11 is 1.73. The molecule has 0 amide bonds. The third-order valence-corrected chi connectivity index (χ3v) is 3.59. The Kier molecular flexibility index (Phi) is 4.04. The quantitative estimate of drug-likeness (QED) is 0.836. The average Bonchev–Trinajstić information content (AvgIpc) is 2.39. The number of nitrogens with zero attached hydrogens (tertiary/aromatic N) is 1. The third kappa shape index (κ3) is 3.49. The van der Waals surface area contributed by atoms with Crippen molar-refractivity contribution in [3.63, 3.8) is 0 Å². The lowest BCUT2D eigenvalue weighted by Crippen LogP contribution is -1.88. The zero-order valence-electron chi connectivity index (χ0n) is 9.89. The Morgan fingerprint density at radius 1 is 1.06 bits per heavy atom. The Morgan fingerprint density at radius 2 is 1.76 bits per heavy atom. The van der Waals surface area contributed by atoms with Crippen LogP contribution in [0.2, 0.25) is 0 Å². The van der Waals surface area contributed by atoms with Crippen molar-refractivity contribution in [2.45, 2.75) is 24.1 Å². The van der Waals surface area contributed by atoms with E-state index < -0.39 is 0 Å². The number of pyridine rings is 1. The first-order valence-corrected chi connectivity index (χ1v) is 6.68. The standard InChI is InChI=1S/C14H16N2S/c1-2-11-3-5-12(6-4-11)10-17-14-8-7-13(15)9-16-14/h3-9H,2,10,15H2,1H3. The molecule has 0 spiro atoms. The number of benzene rings is 1. The molecule has 88 valence electrons. The lowest BCUT2D eigenvalue weighted by molar-refractivity contribution is 1.13. The Hall–Kier alpha value is -1.48. The SMILES string of the molecule is CCc1ccc(CSc2ccc(N)cn2)cc1. The molecule has 0 saturated heterocycles. The van der Waals surface area contributed by atoms with E-state index in [1.165, 1.54) is 11.1 Å². The predicted molar refractivity (Wildman–Crippen MR) is 74.0 cm³/mol. The molecule has 0 aliphatic rings. The van der Waals surface area contributed by atoms with E-state index in [1.807, 2.05) is 12.1 Å². The molecule has 1 heterocycles. The zero-order valence-corrected chi connectivity index (χ0v) is 10.7. The summed E-state index contributed by atoms with van der Waals surface area (Å²) < 4.78 is 0. The first-order chi connectivity index (χ1) is 8.28. The van der Waals surface area contributed by atoms with Crippen molar-refractivity contribution in [3.05, 3.63) is 53.7 Å². The minimum atomic E-state index is 0.710. The van der Waals surface area contributed by atoms with Gasteiger partial charge in [-0.2, -0.15) is 0 Å². The number of aromatic nitrogens is 1. The van der Waals surface area contributed by atoms with Crippen LogP contribution in [0, 0.1) is 0 Å². The van der Waals surface area contributed by atoms with Crippen molar-refractivity contribution in [3.8, 4) is 0 Å². The second-order valence-corrected chi connectivity index (χ2v) is 4.88. The van der Waals surface area contributed by atoms with Gasteiger partial charge in [-0.1, -0.05) is 31.2 Å². The van der Waals surface area contributed by atoms with E-state index in [1.54, 1.807) is 18.0 Å². The van der Waals surface area contributed by atoms with E-state index in [0.717, 1.165) is 17.2 Å². The Balaban J connectivity index is 1.95. The van der Waals surface area contributed by atoms with Crippen LogP contribution in [0.5, 0.6) is 0 Å². The molecule has 0 bridgehead atoms. The summed E-state index contributed by atoms with van der Waals surface area (Å²) in [5.41, 5.74) is 9.01. The van der Waals surface area contributed by atoms with Crippen LogP contribution in [0.4, 0.5) is 5.69 Å². The van der Waals surface area contributed by atoms with Gasteiger partial charge in [0.1, 0.15) is 0 Å². The molecule has 0 fully saturated rings. The summed E-state index contributed by atoms with van der Waals surface area (Å²) in [6.07, 6.45) is 2.79. The van der Waals surface area contributed by atoms with Crippen LogP contribution in [-0.4, -0.2) is 4.98 Å². The molecule has 2 aromatic rings. The maximum absolute atomic E-state index is 5.59. The zero-order chi connectivity index (χ0) is 12.1. The van der Waals surface area contributed by atoms with Gasteiger partial charge in [0.2, 0.25) is 0 Å². The van der Waals surface area contributed by atoms with Crippen LogP contribution >= 0.6 is 11.8 Å². The summed E-state index contributed by atoms with van der Waals surface area (Å²) in [6, 6.07) is 12.6. The molecule has 2 rings (SSSR count). The summed E-state index contributed by atoms with van der Waals surface area (Å²) in [7, 11) is 0. The van der Waals surface area contributed by atoms with Crippen LogP contribution in [-0.2, 0) is 12.2 Å². The summed E-state index contributed by atoms with van der Waals surface area (Å²) in [5.74, 6) is 0.945. The molecule has 0 unspecified atom stereocenters. The maximum Gasteiger partial charge on any atom is 0.0964 e. The highest BCUT2D eigenvalue weighted by molar-refractivity contribution is 7.98. The monoisotopic (exact) mass is 244 g/mol. The second-order valence-electron chi connectivity index (χ2n) is 3.89. The molecule has 17 heavy (non-hydrogen) atoms.